The van der Waals surface area contributed by atoms with Crippen LogP contribution in [0.4, 0.5) is 20.4 Å². The number of ether oxygens (including phenoxy) is 2. The van der Waals surface area contributed by atoms with Gasteiger partial charge in [-0.1, -0.05) is 6.92 Å². The molecule has 0 amide bonds. The van der Waals surface area contributed by atoms with Gasteiger partial charge in [0.2, 0.25) is 5.95 Å². The van der Waals surface area contributed by atoms with E-state index in [1.165, 1.54) is 16.6 Å². The van der Waals surface area contributed by atoms with E-state index in [-0.39, 0.29) is 41.0 Å². The molecule has 40 heavy (non-hydrogen) atoms. The van der Waals surface area contributed by atoms with Gasteiger partial charge in [0.1, 0.15) is 23.5 Å². The van der Waals surface area contributed by atoms with Gasteiger partial charge in [0, 0.05) is 30.8 Å². The molecule has 1 saturated carbocycles. The van der Waals surface area contributed by atoms with Gasteiger partial charge in [-0.3, -0.25) is 4.98 Å². The smallest absolute Gasteiger partial charge is 0.229 e. The highest BCUT2D eigenvalue weighted by Crippen LogP contribution is 2.43. The third-order valence-electron chi connectivity index (χ3n) is 8.31. The highest BCUT2D eigenvalue weighted by molar-refractivity contribution is 5.66. The van der Waals surface area contributed by atoms with Crippen LogP contribution in [0.5, 0.6) is 5.75 Å². The minimum Gasteiger partial charge on any atom is -0.488 e. The first-order valence-electron chi connectivity index (χ1n) is 13.5. The molecular weight excluding hydrogens is 518 g/mol. The maximum Gasteiger partial charge on any atom is 0.229 e. The molecule has 1 aliphatic carbocycles. The first-order valence-corrected chi connectivity index (χ1v) is 13.5. The predicted molar refractivity (Wildman–Crippen MR) is 145 cm³/mol. The number of benzene rings is 1. The molecule has 5 atom stereocenters. The number of imidazole rings is 1. The SMILES string of the molecule is CC1CC(c2ccncc2Nc2ncc3ccc(-c4c(F)cc(OC5CCOC5)cc4F)nn23)CC(N)C1(C)O. The number of nitrogens with one attached hydrogen (secondary N) is 1. The van der Waals surface area contributed by atoms with Crippen molar-refractivity contribution in [2.45, 2.75) is 56.8 Å². The number of halogens is 2. The number of aliphatic hydroxyl groups is 1. The molecule has 9 nitrogen and oxygen atoms in total. The lowest BCUT2D eigenvalue weighted by molar-refractivity contribution is -0.0463. The number of anilines is 2. The second-order valence-electron chi connectivity index (χ2n) is 11.0. The number of nitrogens with zero attached hydrogens (tertiary/aromatic N) is 4. The Labute approximate surface area is 230 Å². The Hall–Kier alpha value is -3.67. The number of aromatic nitrogens is 4. The van der Waals surface area contributed by atoms with E-state index in [1.54, 1.807) is 37.6 Å². The third kappa shape index (κ3) is 4.89. The summed E-state index contributed by atoms with van der Waals surface area (Å²) in [5.74, 6) is -0.958. The van der Waals surface area contributed by atoms with Crippen LogP contribution in [0.2, 0.25) is 0 Å². The predicted octanol–water partition coefficient (Wildman–Crippen LogP) is 4.57. The first-order chi connectivity index (χ1) is 19.2. The molecule has 11 heteroatoms. The summed E-state index contributed by atoms with van der Waals surface area (Å²) < 4.78 is 42.8. The number of hydrogen-bond donors (Lipinski definition) is 3. The Morgan fingerprint density at radius 3 is 2.70 bits per heavy atom. The van der Waals surface area contributed by atoms with E-state index in [9.17, 15) is 5.11 Å². The first kappa shape index (κ1) is 26.5. The molecule has 1 aromatic carbocycles. The van der Waals surface area contributed by atoms with Crippen LogP contribution in [0.1, 0.15) is 44.6 Å². The fourth-order valence-corrected chi connectivity index (χ4v) is 5.67. The third-order valence-corrected chi connectivity index (χ3v) is 8.31. The van der Waals surface area contributed by atoms with E-state index in [1.807, 2.05) is 13.0 Å². The van der Waals surface area contributed by atoms with E-state index >= 15 is 8.78 Å². The zero-order chi connectivity index (χ0) is 28.0. The van der Waals surface area contributed by atoms with Crippen molar-refractivity contribution < 1.29 is 23.4 Å². The molecule has 5 unspecified atom stereocenters. The van der Waals surface area contributed by atoms with Crippen molar-refractivity contribution >= 4 is 17.2 Å². The summed E-state index contributed by atoms with van der Waals surface area (Å²) in [5.41, 5.74) is 7.64. The molecule has 2 fully saturated rings. The van der Waals surface area contributed by atoms with E-state index in [2.05, 4.69) is 20.4 Å². The summed E-state index contributed by atoms with van der Waals surface area (Å²) in [6.07, 6.45) is 6.88. The average Bonchev–Trinajstić information content (AvgIpc) is 3.57. The van der Waals surface area contributed by atoms with Gasteiger partial charge in [-0.2, -0.15) is 9.61 Å². The Bertz CT molecular complexity index is 1500. The van der Waals surface area contributed by atoms with Crippen molar-refractivity contribution in [3.8, 4) is 17.0 Å². The van der Waals surface area contributed by atoms with E-state index in [4.69, 9.17) is 15.2 Å². The van der Waals surface area contributed by atoms with E-state index < -0.39 is 17.2 Å². The van der Waals surface area contributed by atoms with Gasteiger partial charge in [-0.15, -0.1) is 0 Å². The summed E-state index contributed by atoms with van der Waals surface area (Å²) >= 11 is 0. The standard InChI is InChI=1S/C29H32F2N6O3/c1-16-9-17(10-26(32)29(16,2)38)21-5-7-33-14-25(21)35-28-34-13-18-3-4-24(36-37(18)28)27-22(30)11-20(12-23(27)31)40-19-6-8-39-15-19/h3-5,7,11-14,16-17,19,26,38H,6,8-10,15,32H2,1-2H3,(H,34,35). The molecule has 1 aliphatic heterocycles. The summed E-state index contributed by atoms with van der Waals surface area (Å²) in [6, 6.07) is 7.17. The topological polar surface area (TPSA) is 120 Å². The Balaban J connectivity index is 1.30. The van der Waals surface area contributed by atoms with Crippen LogP contribution >= 0.6 is 0 Å². The molecule has 2 aliphatic rings. The van der Waals surface area contributed by atoms with Gasteiger partial charge in [0.05, 0.1) is 53.7 Å². The lowest BCUT2D eigenvalue weighted by Gasteiger charge is -2.44. The lowest BCUT2D eigenvalue weighted by Crippen LogP contribution is -2.54. The molecule has 3 aromatic heterocycles. The van der Waals surface area contributed by atoms with Crippen LogP contribution in [0.3, 0.4) is 0 Å². The molecule has 1 saturated heterocycles. The fourth-order valence-electron chi connectivity index (χ4n) is 5.67. The Morgan fingerprint density at radius 1 is 1.18 bits per heavy atom. The van der Waals surface area contributed by atoms with Gasteiger partial charge >= 0.3 is 0 Å². The summed E-state index contributed by atoms with van der Waals surface area (Å²) in [6.45, 7) is 4.76. The zero-order valence-corrected chi connectivity index (χ0v) is 22.3. The number of pyridine rings is 1. The second kappa shape index (κ2) is 10.4. The number of fused-ring (bicyclic) bond motifs is 1. The normalized spacial score (nSPS) is 26.8. The van der Waals surface area contributed by atoms with E-state index in [0.717, 1.165) is 17.7 Å². The fraction of sp³-hybridized carbons (Fsp3) is 0.414. The van der Waals surface area contributed by atoms with Gasteiger partial charge in [0.25, 0.3) is 0 Å². The molecule has 4 N–H and O–H groups in total. The molecule has 0 bridgehead atoms. The van der Waals surface area contributed by atoms with Crippen molar-refractivity contribution in [2.24, 2.45) is 11.7 Å². The number of nitrogens with two attached hydrogens (primary N) is 1. The number of hydrogen-bond acceptors (Lipinski definition) is 8. The van der Waals surface area contributed by atoms with Crippen LogP contribution < -0.4 is 15.8 Å². The molecule has 0 radical (unpaired) electrons. The molecule has 6 rings (SSSR count). The van der Waals surface area contributed by atoms with Gasteiger partial charge in [-0.25, -0.2) is 13.8 Å². The molecule has 210 valence electrons. The monoisotopic (exact) mass is 550 g/mol. The molecule has 4 heterocycles. The van der Waals surface area contributed by atoms with Crippen LogP contribution in [-0.2, 0) is 4.74 Å². The Morgan fingerprint density at radius 2 is 1.98 bits per heavy atom. The van der Waals surface area contributed by atoms with Gasteiger partial charge < -0.3 is 25.6 Å². The molecular formula is C29H32F2N6O3. The van der Waals surface area contributed by atoms with E-state index in [0.29, 0.717) is 37.5 Å². The Kier molecular flexibility index (Phi) is 6.89. The molecule has 0 spiro atoms. The van der Waals surface area contributed by atoms with Crippen LogP contribution in [0, 0.1) is 17.6 Å². The summed E-state index contributed by atoms with van der Waals surface area (Å²) in [7, 11) is 0. The zero-order valence-electron chi connectivity index (χ0n) is 22.3. The van der Waals surface area contributed by atoms with Crippen molar-refractivity contribution in [3.05, 3.63) is 66.1 Å². The highest BCUT2D eigenvalue weighted by Gasteiger charge is 2.42. The van der Waals surface area contributed by atoms with Crippen LogP contribution in [0.15, 0.2) is 48.9 Å². The summed E-state index contributed by atoms with van der Waals surface area (Å²) in [4.78, 5) is 8.74. The minimum absolute atomic E-state index is 0.00632. The van der Waals surface area contributed by atoms with Crippen LogP contribution in [-0.4, -0.2) is 55.6 Å². The number of rotatable bonds is 6. The highest BCUT2D eigenvalue weighted by atomic mass is 19.1. The molecule has 4 aromatic rings. The van der Waals surface area contributed by atoms with Crippen molar-refractivity contribution in [3.63, 3.8) is 0 Å². The van der Waals surface area contributed by atoms with Crippen molar-refractivity contribution in [1.82, 2.24) is 19.6 Å². The quantitative estimate of drug-likeness (QED) is 0.319. The largest absolute Gasteiger partial charge is 0.488 e. The van der Waals surface area contributed by atoms with Gasteiger partial charge in [-0.05, 0) is 55.4 Å². The second-order valence-corrected chi connectivity index (χ2v) is 11.0. The minimum atomic E-state index is -0.934. The summed E-state index contributed by atoms with van der Waals surface area (Å²) in [5, 5.41) is 18.6. The average molecular weight is 551 g/mol. The van der Waals surface area contributed by atoms with Crippen LogP contribution in [0.25, 0.3) is 16.8 Å². The maximum atomic E-state index is 15.2. The lowest BCUT2D eigenvalue weighted by atomic mass is 9.68. The van der Waals surface area contributed by atoms with Crippen molar-refractivity contribution in [2.75, 3.05) is 18.5 Å². The van der Waals surface area contributed by atoms with Gasteiger partial charge in [0.15, 0.2) is 0 Å². The maximum absolute atomic E-state index is 15.2. The van der Waals surface area contributed by atoms with Crippen molar-refractivity contribution in [1.29, 1.82) is 0 Å².